The van der Waals surface area contributed by atoms with Gasteiger partial charge in [-0.05, 0) is 81.7 Å². The van der Waals surface area contributed by atoms with Gasteiger partial charge in [0.05, 0.1) is 10.7 Å². The van der Waals surface area contributed by atoms with Crippen molar-refractivity contribution >= 4 is 70.9 Å². The van der Waals surface area contributed by atoms with Crippen LogP contribution >= 0.6 is 47.8 Å². The van der Waals surface area contributed by atoms with E-state index in [0.29, 0.717) is 12.2 Å². The second-order valence-corrected chi connectivity index (χ2v) is 9.29. The SMILES string of the molecule is O=C(N/N=C\c1ccc(OCc2ccc(Br)cc2)cc1)c1cc2cc(Br)cc(Br)c2o1. The number of hydrazone groups is 1. The van der Waals surface area contributed by atoms with E-state index in [9.17, 15) is 4.79 Å². The third-order valence-electron chi connectivity index (χ3n) is 4.34. The monoisotopic (exact) mass is 604 g/mol. The van der Waals surface area contributed by atoms with Crippen molar-refractivity contribution in [1.82, 2.24) is 5.43 Å². The van der Waals surface area contributed by atoms with Crippen molar-refractivity contribution in [2.75, 3.05) is 0 Å². The Bertz CT molecular complexity index is 1250. The number of furan rings is 1. The topological polar surface area (TPSA) is 63.8 Å². The Morgan fingerprint density at radius 1 is 0.968 bits per heavy atom. The molecule has 156 valence electrons. The Labute approximate surface area is 203 Å². The number of carbonyl (C=O) groups is 1. The van der Waals surface area contributed by atoms with Crippen molar-refractivity contribution in [3.05, 3.63) is 97.0 Å². The Morgan fingerprint density at radius 2 is 1.71 bits per heavy atom. The van der Waals surface area contributed by atoms with Crippen LogP contribution in [0.5, 0.6) is 5.75 Å². The van der Waals surface area contributed by atoms with Gasteiger partial charge < -0.3 is 9.15 Å². The molecule has 0 spiro atoms. The molecule has 0 aliphatic carbocycles. The van der Waals surface area contributed by atoms with Gasteiger partial charge in [0.25, 0.3) is 0 Å². The van der Waals surface area contributed by atoms with Gasteiger partial charge in [-0.1, -0.05) is 44.0 Å². The molecule has 0 aliphatic heterocycles. The Balaban J connectivity index is 1.34. The van der Waals surface area contributed by atoms with Crippen molar-refractivity contribution in [1.29, 1.82) is 0 Å². The van der Waals surface area contributed by atoms with Gasteiger partial charge in [0.2, 0.25) is 0 Å². The lowest BCUT2D eigenvalue weighted by Crippen LogP contribution is -2.16. The molecule has 0 saturated carbocycles. The van der Waals surface area contributed by atoms with E-state index in [1.54, 1.807) is 12.3 Å². The maximum absolute atomic E-state index is 12.3. The fourth-order valence-electron chi connectivity index (χ4n) is 2.81. The van der Waals surface area contributed by atoms with Crippen LogP contribution in [-0.2, 0) is 6.61 Å². The van der Waals surface area contributed by atoms with Crippen LogP contribution in [-0.4, -0.2) is 12.1 Å². The summed E-state index contributed by atoms with van der Waals surface area (Å²) in [5, 5.41) is 4.82. The molecule has 8 heteroatoms. The summed E-state index contributed by atoms with van der Waals surface area (Å²) in [6.45, 7) is 0.487. The zero-order chi connectivity index (χ0) is 21.8. The van der Waals surface area contributed by atoms with Crippen LogP contribution in [0.15, 0.2) is 89.7 Å². The van der Waals surface area contributed by atoms with E-state index in [0.717, 1.165) is 35.7 Å². The minimum absolute atomic E-state index is 0.183. The molecule has 0 radical (unpaired) electrons. The first-order valence-electron chi connectivity index (χ1n) is 9.17. The third kappa shape index (κ3) is 5.64. The van der Waals surface area contributed by atoms with Crippen molar-refractivity contribution in [2.24, 2.45) is 5.10 Å². The molecule has 0 unspecified atom stereocenters. The molecule has 1 heterocycles. The molecule has 0 aliphatic rings. The number of nitrogens with zero attached hydrogens (tertiary/aromatic N) is 1. The number of carbonyl (C=O) groups excluding carboxylic acids is 1. The van der Waals surface area contributed by atoms with Crippen LogP contribution in [0.25, 0.3) is 11.0 Å². The number of nitrogens with one attached hydrogen (secondary N) is 1. The highest BCUT2D eigenvalue weighted by atomic mass is 79.9. The summed E-state index contributed by atoms with van der Waals surface area (Å²) in [7, 11) is 0. The lowest BCUT2D eigenvalue weighted by atomic mass is 10.2. The van der Waals surface area contributed by atoms with Gasteiger partial charge in [-0.15, -0.1) is 0 Å². The lowest BCUT2D eigenvalue weighted by Gasteiger charge is -2.06. The number of rotatable bonds is 6. The zero-order valence-electron chi connectivity index (χ0n) is 15.9. The average molecular weight is 607 g/mol. The van der Waals surface area contributed by atoms with Crippen molar-refractivity contribution in [3.8, 4) is 5.75 Å². The van der Waals surface area contributed by atoms with E-state index in [1.165, 1.54) is 0 Å². The Morgan fingerprint density at radius 3 is 2.45 bits per heavy atom. The molecule has 3 aromatic carbocycles. The largest absolute Gasteiger partial charge is 0.489 e. The maximum Gasteiger partial charge on any atom is 0.307 e. The number of hydrogen-bond acceptors (Lipinski definition) is 4. The zero-order valence-corrected chi connectivity index (χ0v) is 20.7. The first kappa shape index (κ1) is 21.8. The number of hydrogen-bond donors (Lipinski definition) is 1. The van der Waals surface area contributed by atoms with Crippen LogP contribution in [0.4, 0.5) is 0 Å². The van der Waals surface area contributed by atoms with E-state index in [-0.39, 0.29) is 5.76 Å². The fourth-order valence-corrected chi connectivity index (χ4v) is 4.41. The van der Waals surface area contributed by atoms with Gasteiger partial charge in [0.1, 0.15) is 17.9 Å². The van der Waals surface area contributed by atoms with Crippen LogP contribution in [0.2, 0.25) is 0 Å². The number of ether oxygens (including phenoxy) is 1. The number of benzene rings is 3. The number of halogens is 3. The quantitative estimate of drug-likeness (QED) is 0.189. The summed E-state index contributed by atoms with van der Waals surface area (Å²) in [4.78, 5) is 12.3. The van der Waals surface area contributed by atoms with Gasteiger partial charge in [-0.2, -0.15) is 5.10 Å². The standard InChI is InChI=1S/C23H15Br3N2O3/c24-17-5-1-15(2-6-17)13-30-19-7-3-14(4-8-19)12-27-28-23(29)21-10-16-9-18(25)11-20(26)22(16)31-21/h1-12H,13H2,(H,28,29)/b27-12-. The van der Waals surface area contributed by atoms with Gasteiger partial charge in [0.15, 0.2) is 5.76 Å². The molecular weight excluding hydrogens is 592 g/mol. The van der Waals surface area contributed by atoms with E-state index < -0.39 is 5.91 Å². The molecule has 4 aromatic rings. The van der Waals surface area contributed by atoms with Gasteiger partial charge in [-0.25, -0.2) is 5.43 Å². The predicted molar refractivity (Wildman–Crippen MR) is 132 cm³/mol. The van der Waals surface area contributed by atoms with Crippen molar-refractivity contribution < 1.29 is 13.9 Å². The Kier molecular flexibility index (Phi) is 6.89. The van der Waals surface area contributed by atoms with E-state index in [2.05, 4.69) is 58.3 Å². The summed E-state index contributed by atoms with van der Waals surface area (Å²) >= 11 is 10.3. The third-order valence-corrected chi connectivity index (χ3v) is 5.91. The summed E-state index contributed by atoms with van der Waals surface area (Å²) < 4.78 is 14.1. The summed E-state index contributed by atoms with van der Waals surface area (Å²) in [5.41, 5.74) is 5.00. The van der Waals surface area contributed by atoms with Crippen LogP contribution in [0, 0.1) is 0 Å². The molecular formula is C23H15Br3N2O3. The normalized spacial score (nSPS) is 11.2. The van der Waals surface area contributed by atoms with Gasteiger partial charge in [0, 0.05) is 14.3 Å². The molecule has 0 bridgehead atoms. The molecule has 0 atom stereocenters. The minimum Gasteiger partial charge on any atom is -0.489 e. The predicted octanol–water partition coefficient (Wildman–Crippen LogP) is 7.06. The molecule has 1 aromatic heterocycles. The number of amides is 1. The Hall–Kier alpha value is -2.42. The van der Waals surface area contributed by atoms with E-state index >= 15 is 0 Å². The summed E-state index contributed by atoms with van der Waals surface area (Å²) in [6.07, 6.45) is 1.56. The van der Waals surface area contributed by atoms with E-state index in [4.69, 9.17) is 9.15 Å². The van der Waals surface area contributed by atoms with Crippen LogP contribution in [0.3, 0.4) is 0 Å². The molecule has 1 N–H and O–H groups in total. The van der Waals surface area contributed by atoms with Gasteiger partial charge in [-0.3, -0.25) is 4.79 Å². The average Bonchev–Trinajstić information content (AvgIpc) is 3.19. The highest BCUT2D eigenvalue weighted by Gasteiger charge is 2.14. The second kappa shape index (κ2) is 9.80. The smallest absolute Gasteiger partial charge is 0.307 e. The maximum atomic E-state index is 12.3. The van der Waals surface area contributed by atoms with Gasteiger partial charge >= 0.3 is 5.91 Å². The van der Waals surface area contributed by atoms with Crippen molar-refractivity contribution in [3.63, 3.8) is 0 Å². The fraction of sp³-hybridized carbons (Fsp3) is 0.0435. The molecule has 31 heavy (non-hydrogen) atoms. The number of fused-ring (bicyclic) bond motifs is 1. The summed E-state index contributed by atoms with van der Waals surface area (Å²) in [6, 6.07) is 20.8. The van der Waals surface area contributed by atoms with Crippen LogP contribution < -0.4 is 10.2 Å². The van der Waals surface area contributed by atoms with Crippen LogP contribution in [0.1, 0.15) is 21.7 Å². The first-order valence-corrected chi connectivity index (χ1v) is 11.5. The lowest BCUT2D eigenvalue weighted by molar-refractivity contribution is 0.0929. The molecule has 4 rings (SSSR count). The molecule has 1 amide bonds. The molecule has 0 fully saturated rings. The van der Waals surface area contributed by atoms with E-state index in [1.807, 2.05) is 60.7 Å². The molecule has 5 nitrogen and oxygen atoms in total. The minimum atomic E-state index is -0.426. The highest BCUT2D eigenvalue weighted by molar-refractivity contribution is 9.11. The van der Waals surface area contributed by atoms with Crippen molar-refractivity contribution in [2.45, 2.75) is 6.61 Å². The highest BCUT2D eigenvalue weighted by Crippen LogP contribution is 2.31. The summed E-state index contributed by atoms with van der Waals surface area (Å²) in [5.74, 6) is 0.510. The molecule has 0 saturated heterocycles. The second-order valence-electron chi connectivity index (χ2n) is 6.60. The first-order chi connectivity index (χ1) is 15.0.